The van der Waals surface area contributed by atoms with Crippen LogP contribution in [-0.2, 0) is 6.42 Å². The van der Waals surface area contributed by atoms with E-state index in [1.165, 1.54) is 0 Å². The van der Waals surface area contributed by atoms with Crippen molar-refractivity contribution in [1.29, 1.82) is 0 Å². The summed E-state index contributed by atoms with van der Waals surface area (Å²) in [4.78, 5) is 8.98. The van der Waals surface area contributed by atoms with E-state index < -0.39 is 0 Å². The van der Waals surface area contributed by atoms with E-state index in [9.17, 15) is 5.11 Å². The second-order valence-electron chi connectivity index (χ2n) is 6.76. The molecule has 0 aliphatic rings. The van der Waals surface area contributed by atoms with Crippen LogP contribution in [0.25, 0.3) is 10.9 Å². The summed E-state index contributed by atoms with van der Waals surface area (Å²) in [7, 11) is 0. The molecule has 5 heteroatoms. The quantitative estimate of drug-likeness (QED) is 0.429. The molecule has 0 amide bonds. The van der Waals surface area contributed by atoms with Crippen LogP contribution in [0.2, 0.25) is 10.0 Å². The number of hydrogen-bond acceptors (Lipinski definition) is 3. The second-order valence-corrected chi connectivity index (χ2v) is 7.60. The highest BCUT2D eigenvalue weighted by Crippen LogP contribution is 2.38. The summed E-state index contributed by atoms with van der Waals surface area (Å²) in [5.41, 5.74) is 4.15. The van der Waals surface area contributed by atoms with Crippen molar-refractivity contribution >= 4 is 34.1 Å². The minimum Gasteiger partial charge on any atom is -0.505 e. The number of benzene rings is 2. The summed E-state index contributed by atoms with van der Waals surface area (Å²) in [6.45, 7) is 1.89. The van der Waals surface area contributed by atoms with Crippen LogP contribution in [0.1, 0.15) is 28.4 Å². The molecule has 1 N–H and O–H groups in total. The van der Waals surface area contributed by atoms with Gasteiger partial charge in [0, 0.05) is 40.2 Å². The first-order valence-corrected chi connectivity index (χ1v) is 9.72. The summed E-state index contributed by atoms with van der Waals surface area (Å²) < 4.78 is 0. The van der Waals surface area contributed by atoms with Crippen molar-refractivity contribution in [2.24, 2.45) is 0 Å². The number of rotatable bonds is 4. The molecule has 4 rings (SSSR count). The highest BCUT2D eigenvalue weighted by atomic mass is 35.5. The maximum absolute atomic E-state index is 11.0. The van der Waals surface area contributed by atoms with Crippen molar-refractivity contribution in [3.8, 4) is 5.75 Å². The minimum atomic E-state index is -0.100. The van der Waals surface area contributed by atoms with Gasteiger partial charge in [-0.05, 0) is 42.8 Å². The number of hydrogen-bond donors (Lipinski definition) is 1. The van der Waals surface area contributed by atoms with Gasteiger partial charge in [-0.1, -0.05) is 53.5 Å². The zero-order chi connectivity index (χ0) is 19.7. The van der Waals surface area contributed by atoms with Crippen LogP contribution in [0.15, 0.2) is 66.9 Å². The molecule has 0 radical (unpaired) electrons. The first-order chi connectivity index (χ1) is 13.5. The first-order valence-electron chi connectivity index (χ1n) is 8.97. The largest absolute Gasteiger partial charge is 0.505 e. The molecule has 0 bridgehead atoms. The number of aromatic hydroxyl groups is 1. The molecule has 3 nitrogen and oxygen atoms in total. The molecule has 4 aromatic rings. The lowest BCUT2D eigenvalue weighted by molar-refractivity contribution is 0.469. The van der Waals surface area contributed by atoms with Gasteiger partial charge in [0.15, 0.2) is 0 Å². The maximum atomic E-state index is 11.0. The lowest BCUT2D eigenvalue weighted by Gasteiger charge is -2.20. The van der Waals surface area contributed by atoms with E-state index in [4.69, 9.17) is 23.2 Å². The standard InChI is InChI=1S/C23H18Cl2N2O/c1-14-21(25)11-9-18(27-14)13-20(15-4-7-17(24)8-5-15)19-10-6-16-3-2-12-26-22(16)23(19)28/h2-12,20,28H,13H2,1H3. The third-order valence-electron chi connectivity index (χ3n) is 4.92. The molecule has 2 heterocycles. The van der Waals surface area contributed by atoms with E-state index in [1.807, 2.05) is 67.6 Å². The Morgan fingerprint density at radius 2 is 1.75 bits per heavy atom. The SMILES string of the molecule is Cc1nc(CC(c2ccc(Cl)cc2)c2ccc3cccnc3c2O)ccc1Cl. The van der Waals surface area contributed by atoms with Gasteiger partial charge in [0.1, 0.15) is 11.3 Å². The molecular formula is C23H18Cl2N2O. The molecule has 2 aromatic carbocycles. The molecule has 0 saturated carbocycles. The van der Waals surface area contributed by atoms with Gasteiger partial charge in [-0.25, -0.2) is 0 Å². The van der Waals surface area contributed by atoms with Crippen molar-refractivity contribution in [3.63, 3.8) is 0 Å². The molecule has 140 valence electrons. The predicted octanol–water partition coefficient (Wildman–Crippen LogP) is 6.33. The van der Waals surface area contributed by atoms with Gasteiger partial charge in [-0.3, -0.25) is 9.97 Å². The highest BCUT2D eigenvalue weighted by Gasteiger charge is 2.21. The molecule has 1 atom stereocenters. The Hall–Kier alpha value is -2.62. The Kier molecular flexibility index (Phi) is 5.21. The van der Waals surface area contributed by atoms with Crippen molar-refractivity contribution in [1.82, 2.24) is 9.97 Å². The van der Waals surface area contributed by atoms with E-state index in [2.05, 4.69) is 9.97 Å². The second kappa shape index (κ2) is 7.78. The van der Waals surface area contributed by atoms with Crippen LogP contribution in [0, 0.1) is 6.92 Å². The van der Waals surface area contributed by atoms with Gasteiger partial charge in [0.05, 0.1) is 10.7 Å². The average Bonchev–Trinajstić information content (AvgIpc) is 2.70. The molecule has 0 spiro atoms. The molecule has 2 aromatic heterocycles. The smallest absolute Gasteiger partial charge is 0.145 e. The monoisotopic (exact) mass is 408 g/mol. The number of nitrogens with zero attached hydrogens (tertiary/aromatic N) is 2. The van der Waals surface area contributed by atoms with E-state index >= 15 is 0 Å². The lowest BCUT2D eigenvalue weighted by Crippen LogP contribution is -2.08. The topological polar surface area (TPSA) is 46.0 Å². The number of aryl methyl sites for hydroxylation is 1. The lowest BCUT2D eigenvalue weighted by atomic mass is 9.86. The van der Waals surface area contributed by atoms with Crippen LogP contribution < -0.4 is 0 Å². The molecule has 0 saturated heterocycles. The molecule has 0 aliphatic heterocycles. The Labute approximate surface area is 173 Å². The summed E-state index contributed by atoms with van der Waals surface area (Å²) in [5.74, 6) is 0.0977. The van der Waals surface area contributed by atoms with Crippen molar-refractivity contribution in [2.75, 3.05) is 0 Å². The van der Waals surface area contributed by atoms with Crippen LogP contribution in [0.3, 0.4) is 0 Å². The van der Waals surface area contributed by atoms with E-state index in [-0.39, 0.29) is 11.7 Å². The highest BCUT2D eigenvalue weighted by molar-refractivity contribution is 6.31. The van der Waals surface area contributed by atoms with Crippen molar-refractivity contribution < 1.29 is 5.11 Å². The summed E-state index contributed by atoms with van der Waals surface area (Å²) >= 11 is 12.2. The number of aromatic nitrogens is 2. The molecule has 1 unspecified atom stereocenters. The fourth-order valence-corrected chi connectivity index (χ4v) is 3.68. The van der Waals surface area contributed by atoms with Gasteiger partial charge in [0.2, 0.25) is 0 Å². The molecule has 0 fully saturated rings. The summed E-state index contributed by atoms with van der Waals surface area (Å²) in [6.07, 6.45) is 2.30. The van der Waals surface area contributed by atoms with Crippen molar-refractivity contribution in [3.05, 3.63) is 99.4 Å². The third-order valence-corrected chi connectivity index (χ3v) is 5.57. The summed E-state index contributed by atoms with van der Waals surface area (Å²) in [5, 5.41) is 13.2. The zero-order valence-corrected chi connectivity index (χ0v) is 16.7. The predicted molar refractivity (Wildman–Crippen MR) is 114 cm³/mol. The average molecular weight is 409 g/mol. The van der Waals surface area contributed by atoms with Crippen LogP contribution in [-0.4, -0.2) is 15.1 Å². The fourth-order valence-electron chi connectivity index (χ4n) is 3.45. The van der Waals surface area contributed by atoms with Gasteiger partial charge >= 0.3 is 0 Å². The van der Waals surface area contributed by atoms with Gasteiger partial charge in [-0.15, -0.1) is 0 Å². The number of halogens is 2. The molecular weight excluding hydrogens is 391 g/mol. The van der Waals surface area contributed by atoms with E-state index in [0.29, 0.717) is 22.0 Å². The van der Waals surface area contributed by atoms with Crippen molar-refractivity contribution in [2.45, 2.75) is 19.3 Å². The van der Waals surface area contributed by atoms with Crippen LogP contribution in [0.5, 0.6) is 5.75 Å². The Morgan fingerprint density at radius 3 is 2.50 bits per heavy atom. The van der Waals surface area contributed by atoms with Gasteiger partial charge < -0.3 is 5.11 Å². The Bertz CT molecular complexity index is 1140. The first kappa shape index (κ1) is 18.7. The van der Waals surface area contributed by atoms with E-state index in [1.54, 1.807) is 6.20 Å². The maximum Gasteiger partial charge on any atom is 0.145 e. The number of fused-ring (bicyclic) bond motifs is 1. The normalized spacial score (nSPS) is 12.2. The molecule has 0 aliphatic carbocycles. The van der Waals surface area contributed by atoms with Crippen LogP contribution in [0.4, 0.5) is 0 Å². The fraction of sp³-hybridized carbons (Fsp3) is 0.130. The molecule has 28 heavy (non-hydrogen) atoms. The number of phenols is 1. The number of pyridine rings is 2. The van der Waals surface area contributed by atoms with Crippen LogP contribution >= 0.6 is 23.2 Å². The van der Waals surface area contributed by atoms with E-state index in [0.717, 1.165) is 27.9 Å². The summed E-state index contributed by atoms with van der Waals surface area (Å²) in [6, 6.07) is 19.2. The Morgan fingerprint density at radius 1 is 0.964 bits per heavy atom. The van der Waals surface area contributed by atoms with Gasteiger partial charge in [0.25, 0.3) is 0 Å². The Balaban J connectivity index is 1.84. The third kappa shape index (κ3) is 3.68. The number of phenolic OH excluding ortho intramolecular Hbond substituents is 1. The van der Waals surface area contributed by atoms with Gasteiger partial charge in [-0.2, -0.15) is 0 Å². The minimum absolute atomic E-state index is 0.100. The zero-order valence-electron chi connectivity index (χ0n) is 15.2.